The largest absolute Gasteiger partial charge is 0.489 e. The van der Waals surface area contributed by atoms with E-state index in [1.165, 1.54) is 4.31 Å². The molecule has 0 spiro atoms. The van der Waals surface area contributed by atoms with Crippen LogP contribution in [0.25, 0.3) is 0 Å². The second kappa shape index (κ2) is 9.97. The Hall–Kier alpha value is -3.16. The van der Waals surface area contributed by atoms with E-state index in [1.807, 2.05) is 30.3 Å². The molecule has 1 fully saturated rings. The Morgan fingerprint density at radius 3 is 2.16 bits per heavy atom. The van der Waals surface area contributed by atoms with E-state index >= 15 is 0 Å². The van der Waals surface area contributed by atoms with Crippen LogP contribution < -0.4 is 10.1 Å². The molecule has 0 saturated carbocycles. The molecular weight excluding hydrogens is 424 g/mol. The van der Waals surface area contributed by atoms with Crippen LogP contribution in [0, 0.1) is 0 Å². The first-order chi connectivity index (χ1) is 15.5. The number of hydrogen-bond donors (Lipinski definition) is 1. The van der Waals surface area contributed by atoms with E-state index in [9.17, 15) is 13.2 Å². The van der Waals surface area contributed by atoms with E-state index in [0.29, 0.717) is 42.4 Å². The van der Waals surface area contributed by atoms with Gasteiger partial charge in [-0.25, -0.2) is 8.42 Å². The minimum Gasteiger partial charge on any atom is -0.489 e. The van der Waals surface area contributed by atoms with Crippen LogP contribution in [0.15, 0.2) is 83.8 Å². The van der Waals surface area contributed by atoms with Crippen molar-refractivity contribution in [3.05, 3.63) is 95.6 Å². The zero-order valence-electron chi connectivity index (χ0n) is 17.7. The van der Waals surface area contributed by atoms with Gasteiger partial charge in [-0.3, -0.25) is 4.79 Å². The molecule has 0 atom stereocenters. The van der Waals surface area contributed by atoms with Gasteiger partial charge in [0.1, 0.15) is 12.4 Å². The van der Waals surface area contributed by atoms with Gasteiger partial charge in [0, 0.05) is 25.2 Å². The van der Waals surface area contributed by atoms with Gasteiger partial charge in [-0.05, 0) is 60.4 Å². The Morgan fingerprint density at radius 2 is 1.50 bits per heavy atom. The van der Waals surface area contributed by atoms with Gasteiger partial charge in [-0.15, -0.1) is 0 Å². The summed E-state index contributed by atoms with van der Waals surface area (Å²) < 4.78 is 32.5. The first kappa shape index (κ1) is 22.0. The number of hydrogen-bond acceptors (Lipinski definition) is 4. The summed E-state index contributed by atoms with van der Waals surface area (Å²) in [5.74, 6) is 0.494. The summed E-state index contributed by atoms with van der Waals surface area (Å²) in [7, 11) is -3.42. The van der Waals surface area contributed by atoms with Crippen LogP contribution in [0.1, 0.15) is 34.3 Å². The molecule has 1 aliphatic heterocycles. The summed E-state index contributed by atoms with van der Waals surface area (Å²) in [5.41, 5.74) is 2.44. The van der Waals surface area contributed by atoms with Crippen molar-refractivity contribution < 1.29 is 17.9 Å². The molecule has 1 heterocycles. The number of carbonyl (C=O) groups is 1. The first-order valence-electron chi connectivity index (χ1n) is 10.7. The van der Waals surface area contributed by atoms with Gasteiger partial charge in [-0.2, -0.15) is 4.31 Å². The Labute approximate surface area is 188 Å². The smallest absolute Gasteiger partial charge is 0.251 e. The third-order valence-corrected chi connectivity index (χ3v) is 7.36. The fourth-order valence-corrected chi connectivity index (χ4v) is 5.10. The fourth-order valence-electron chi connectivity index (χ4n) is 3.58. The molecule has 1 saturated heterocycles. The zero-order valence-corrected chi connectivity index (χ0v) is 18.6. The number of ether oxygens (including phenoxy) is 1. The van der Waals surface area contributed by atoms with Crippen LogP contribution in [0.5, 0.6) is 5.75 Å². The van der Waals surface area contributed by atoms with Crippen LogP contribution in [0.3, 0.4) is 0 Å². The minimum absolute atomic E-state index is 0.201. The van der Waals surface area contributed by atoms with Crippen molar-refractivity contribution in [2.24, 2.45) is 0 Å². The standard InChI is InChI=1S/C25H26N2O4S/c28-25(22-10-12-23(13-11-22)31-19-21-6-2-1-3-7-21)26-18-20-8-14-24(15-9-20)32(29,30)27-16-4-5-17-27/h1-3,6-15H,4-5,16-19H2,(H,26,28). The maximum Gasteiger partial charge on any atom is 0.251 e. The summed E-state index contributed by atoms with van der Waals surface area (Å²) >= 11 is 0. The van der Waals surface area contributed by atoms with Crippen molar-refractivity contribution in [1.82, 2.24) is 9.62 Å². The summed E-state index contributed by atoms with van der Waals surface area (Å²) in [6, 6.07) is 23.6. The molecule has 0 radical (unpaired) electrons. The van der Waals surface area contributed by atoms with Gasteiger partial charge in [-0.1, -0.05) is 42.5 Å². The maximum absolute atomic E-state index is 12.6. The number of sulfonamides is 1. The van der Waals surface area contributed by atoms with Crippen molar-refractivity contribution in [3.63, 3.8) is 0 Å². The highest BCUT2D eigenvalue weighted by Gasteiger charge is 2.26. The number of benzene rings is 3. The van der Waals surface area contributed by atoms with Gasteiger partial charge in [0.25, 0.3) is 5.91 Å². The summed E-state index contributed by atoms with van der Waals surface area (Å²) in [5, 5.41) is 2.87. The fraction of sp³-hybridized carbons (Fsp3) is 0.240. The van der Waals surface area contributed by atoms with Crippen molar-refractivity contribution in [1.29, 1.82) is 0 Å². The average Bonchev–Trinajstić information content (AvgIpc) is 3.39. The first-order valence-corrected chi connectivity index (χ1v) is 12.1. The topological polar surface area (TPSA) is 75.7 Å². The lowest BCUT2D eigenvalue weighted by Crippen LogP contribution is -2.28. The van der Waals surface area contributed by atoms with Crippen molar-refractivity contribution in [2.75, 3.05) is 13.1 Å². The van der Waals surface area contributed by atoms with Crippen molar-refractivity contribution in [2.45, 2.75) is 30.9 Å². The van der Waals surface area contributed by atoms with Crippen LogP contribution in [-0.4, -0.2) is 31.7 Å². The molecule has 1 aliphatic rings. The lowest BCUT2D eigenvalue weighted by Gasteiger charge is -2.15. The predicted molar refractivity (Wildman–Crippen MR) is 123 cm³/mol. The number of amides is 1. The van der Waals surface area contributed by atoms with E-state index < -0.39 is 10.0 Å². The Bertz CT molecular complexity index is 1140. The molecule has 1 N–H and O–H groups in total. The van der Waals surface area contributed by atoms with Crippen LogP contribution in [0.4, 0.5) is 0 Å². The third kappa shape index (κ3) is 5.36. The monoisotopic (exact) mass is 450 g/mol. The van der Waals surface area contributed by atoms with E-state index in [4.69, 9.17) is 4.74 Å². The number of rotatable bonds is 8. The predicted octanol–water partition coefficient (Wildman–Crippen LogP) is 3.98. The molecule has 32 heavy (non-hydrogen) atoms. The Balaban J connectivity index is 1.29. The summed E-state index contributed by atoms with van der Waals surface area (Å²) in [4.78, 5) is 12.7. The molecule has 0 unspecified atom stereocenters. The SMILES string of the molecule is O=C(NCc1ccc(S(=O)(=O)N2CCCC2)cc1)c1ccc(OCc2ccccc2)cc1. The Kier molecular flexibility index (Phi) is 6.87. The summed E-state index contributed by atoms with van der Waals surface area (Å²) in [6.45, 7) is 1.94. The molecule has 3 aromatic rings. The van der Waals surface area contributed by atoms with Crippen molar-refractivity contribution >= 4 is 15.9 Å². The molecule has 3 aromatic carbocycles. The maximum atomic E-state index is 12.6. The number of nitrogens with one attached hydrogen (secondary N) is 1. The molecule has 0 aliphatic carbocycles. The highest BCUT2D eigenvalue weighted by molar-refractivity contribution is 7.89. The van der Waals surface area contributed by atoms with Crippen molar-refractivity contribution in [3.8, 4) is 5.75 Å². The molecule has 6 nitrogen and oxygen atoms in total. The van der Waals surface area contributed by atoms with E-state index in [1.54, 1.807) is 48.5 Å². The van der Waals surface area contributed by atoms with Crippen LogP contribution in [0.2, 0.25) is 0 Å². The molecule has 0 bridgehead atoms. The molecule has 4 rings (SSSR count). The molecule has 0 aromatic heterocycles. The minimum atomic E-state index is -3.42. The second-order valence-corrected chi connectivity index (χ2v) is 9.67. The van der Waals surface area contributed by atoms with E-state index in [0.717, 1.165) is 24.0 Å². The van der Waals surface area contributed by atoms with Gasteiger partial charge in [0.15, 0.2) is 0 Å². The molecular formula is C25H26N2O4S. The third-order valence-electron chi connectivity index (χ3n) is 5.44. The van der Waals surface area contributed by atoms with Gasteiger partial charge < -0.3 is 10.1 Å². The van der Waals surface area contributed by atoms with Gasteiger partial charge in [0.05, 0.1) is 4.90 Å². The normalized spacial score (nSPS) is 14.2. The molecule has 7 heteroatoms. The lowest BCUT2D eigenvalue weighted by molar-refractivity contribution is 0.0951. The van der Waals surface area contributed by atoms with E-state index in [2.05, 4.69) is 5.32 Å². The highest BCUT2D eigenvalue weighted by Crippen LogP contribution is 2.21. The van der Waals surface area contributed by atoms with Crippen LogP contribution in [-0.2, 0) is 23.2 Å². The molecule has 1 amide bonds. The molecule has 166 valence electrons. The lowest BCUT2D eigenvalue weighted by atomic mass is 10.2. The quantitative estimate of drug-likeness (QED) is 0.563. The van der Waals surface area contributed by atoms with Gasteiger partial charge in [0.2, 0.25) is 10.0 Å². The summed E-state index contributed by atoms with van der Waals surface area (Å²) in [6.07, 6.45) is 1.81. The van der Waals surface area contributed by atoms with Crippen LogP contribution >= 0.6 is 0 Å². The second-order valence-electron chi connectivity index (χ2n) is 7.74. The number of nitrogens with zero attached hydrogens (tertiary/aromatic N) is 1. The van der Waals surface area contributed by atoms with Gasteiger partial charge >= 0.3 is 0 Å². The highest BCUT2D eigenvalue weighted by atomic mass is 32.2. The zero-order chi connectivity index (χ0) is 22.4. The average molecular weight is 451 g/mol. The number of carbonyl (C=O) groups excluding carboxylic acids is 1. The Morgan fingerprint density at radius 1 is 0.844 bits per heavy atom. The van der Waals surface area contributed by atoms with E-state index in [-0.39, 0.29) is 5.91 Å².